The Morgan fingerprint density at radius 1 is 1.04 bits per heavy atom. The number of benzene rings is 1. The minimum Gasteiger partial charge on any atom is -0.396 e. The number of rotatable bonds is 3. The van der Waals surface area contributed by atoms with Gasteiger partial charge in [-0.15, -0.1) is 0 Å². The molecule has 130 valence electrons. The normalized spacial score (nSPS) is 24.7. The van der Waals surface area contributed by atoms with Gasteiger partial charge in [0.1, 0.15) is 6.04 Å². The Morgan fingerprint density at radius 3 is 2.58 bits per heavy atom. The van der Waals surface area contributed by atoms with Crippen molar-refractivity contribution in [3.05, 3.63) is 35.9 Å². The maximum atomic E-state index is 13.0. The maximum absolute atomic E-state index is 13.0. The Hall–Kier alpha value is -1.88. The van der Waals surface area contributed by atoms with E-state index in [1.807, 2.05) is 23.1 Å². The lowest BCUT2D eigenvalue weighted by molar-refractivity contribution is -0.139. The van der Waals surface area contributed by atoms with E-state index in [9.17, 15) is 14.7 Å². The van der Waals surface area contributed by atoms with Gasteiger partial charge in [0, 0.05) is 31.8 Å². The Labute approximate surface area is 143 Å². The van der Waals surface area contributed by atoms with Gasteiger partial charge in [0.15, 0.2) is 0 Å². The third-order valence-electron chi connectivity index (χ3n) is 5.16. The number of piperidine rings is 2. The lowest BCUT2D eigenvalue weighted by atomic mass is 9.95. The third kappa shape index (κ3) is 3.61. The highest BCUT2D eigenvalue weighted by molar-refractivity contribution is 5.97. The summed E-state index contributed by atoms with van der Waals surface area (Å²) >= 11 is 0. The second-order valence-corrected chi connectivity index (χ2v) is 6.85. The second-order valence-electron chi connectivity index (χ2n) is 6.85. The summed E-state index contributed by atoms with van der Waals surface area (Å²) in [5.41, 5.74) is 0.643. The van der Waals surface area contributed by atoms with Crippen molar-refractivity contribution >= 4 is 11.8 Å². The molecule has 5 nitrogen and oxygen atoms in total. The van der Waals surface area contributed by atoms with Gasteiger partial charge in [-0.05, 0) is 50.2 Å². The highest BCUT2D eigenvalue weighted by atomic mass is 16.3. The summed E-state index contributed by atoms with van der Waals surface area (Å²) in [6.45, 7) is 2.11. The molecule has 2 heterocycles. The summed E-state index contributed by atoms with van der Waals surface area (Å²) in [6, 6.07) is 8.85. The smallest absolute Gasteiger partial charge is 0.254 e. The van der Waals surface area contributed by atoms with E-state index in [0.29, 0.717) is 18.7 Å². The molecule has 0 saturated carbocycles. The zero-order valence-corrected chi connectivity index (χ0v) is 14.1. The van der Waals surface area contributed by atoms with Crippen LogP contribution in [-0.4, -0.2) is 59.0 Å². The molecule has 0 aliphatic carbocycles. The van der Waals surface area contributed by atoms with E-state index in [2.05, 4.69) is 0 Å². The number of nitrogens with zero attached hydrogens (tertiary/aromatic N) is 2. The van der Waals surface area contributed by atoms with Gasteiger partial charge in [0.2, 0.25) is 5.91 Å². The fraction of sp³-hybridized carbons (Fsp3) is 0.579. The van der Waals surface area contributed by atoms with Crippen molar-refractivity contribution in [1.82, 2.24) is 9.80 Å². The molecule has 1 N–H and O–H groups in total. The molecule has 1 aromatic rings. The highest BCUT2D eigenvalue weighted by Crippen LogP contribution is 2.24. The van der Waals surface area contributed by atoms with E-state index in [4.69, 9.17) is 0 Å². The van der Waals surface area contributed by atoms with E-state index in [-0.39, 0.29) is 30.4 Å². The average molecular weight is 330 g/mol. The molecule has 2 atom stereocenters. The molecule has 2 amide bonds. The van der Waals surface area contributed by atoms with E-state index in [1.165, 1.54) is 0 Å². The van der Waals surface area contributed by atoms with Crippen LogP contribution in [0, 0.1) is 5.92 Å². The van der Waals surface area contributed by atoms with Crippen molar-refractivity contribution in [2.75, 3.05) is 26.2 Å². The quantitative estimate of drug-likeness (QED) is 0.921. The molecule has 5 heteroatoms. The first-order valence-electron chi connectivity index (χ1n) is 8.96. The third-order valence-corrected chi connectivity index (χ3v) is 5.16. The van der Waals surface area contributed by atoms with Gasteiger partial charge in [0.05, 0.1) is 0 Å². The Bertz CT molecular complexity index is 575. The molecule has 0 aromatic heterocycles. The van der Waals surface area contributed by atoms with Gasteiger partial charge in [-0.1, -0.05) is 18.2 Å². The largest absolute Gasteiger partial charge is 0.396 e. The fourth-order valence-corrected chi connectivity index (χ4v) is 3.80. The molecule has 1 aromatic carbocycles. The lowest BCUT2D eigenvalue weighted by Gasteiger charge is -2.40. The molecule has 0 radical (unpaired) electrons. The van der Waals surface area contributed by atoms with E-state index >= 15 is 0 Å². The first-order valence-corrected chi connectivity index (χ1v) is 8.96. The highest BCUT2D eigenvalue weighted by Gasteiger charge is 2.36. The molecule has 2 aliphatic heterocycles. The summed E-state index contributed by atoms with van der Waals surface area (Å²) in [5.74, 6) is 0.172. The molecule has 2 aliphatic rings. The Kier molecular flexibility index (Phi) is 5.51. The number of amides is 2. The molecule has 0 bridgehead atoms. The van der Waals surface area contributed by atoms with Crippen molar-refractivity contribution in [2.45, 2.75) is 38.1 Å². The Morgan fingerprint density at radius 2 is 1.83 bits per heavy atom. The first-order chi connectivity index (χ1) is 11.7. The topological polar surface area (TPSA) is 60.9 Å². The van der Waals surface area contributed by atoms with Crippen LogP contribution in [0.3, 0.4) is 0 Å². The van der Waals surface area contributed by atoms with Crippen LogP contribution in [0.5, 0.6) is 0 Å². The second kappa shape index (κ2) is 7.79. The van der Waals surface area contributed by atoms with Crippen molar-refractivity contribution in [3.8, 4) is 0 Å². The van der Waals surface area contributed by atoms with E-state index in [0.717, 1.165) is 38.6 Å². The van der Waals surface area contributed by atoms with Crippen LogP contribution < -0.4 is 0 Å². The summed E-state index contributed by atoms with van der Waals surface area (Å²) in [7, 11) is 0. The van der Waals surface area contributed by atoms with Crippen molar-refractivity contribution in [3.63, 3.8) is 0 Å². The lowest BCUT2D eigenvalue weighted by Crippen LogP contribution is -2.55. The SMILES string of the molecule is O=C(C1CCCCN1C(=O)c1ccccc1)N1CCCC(CO)C1. The molecule has 2 fully saturated rings. The van der Waals surface area contributed by atoms with Crippen molar-refractivity contribution in [1.29, 1.82) is 0 Å². The van der Waals surface area contributed by atoms with Gasteiger partial charge >= 0.3 is 0 Å². The average Bonchev–Trinajstić information content (AvgIpc) is 2.67. The predicted molar refractivity (Wildman–Crippen MR) is 91.5 cm³/mol. The number of aliphatic hydroxyl groups is 1. The van der Waals surface area contributed by atoms with Gasteiger partial charge < -0.3 is 14.9 Å². The molecule has 2 unspecified atom stereocenters. The molecular weight excluding hydrogens is 304 g/mol. The van der Waals surface area contributed by atoms with Crippen LogP contribution in [0.2, 0.25) is 0 Å². The standard InChI is InChI=1S/C19H26N2O3/c22-14-15-7-6-11-20(13-15)19(24)17-10-4-5-12-21(17)18(23)16-8-2-1-3-9-16/h1-3,8-9,15,17,22H,4-7,10-14H2. The van der Waals surface area contributed by atoms with Crippen molar-refractivity contribution < 1.29 is 14.7 Å². The molecule has 24 heavy (non-hydrogen) atoms. The van der Waals surface area contributed by atoms with Crippen molar-refractivity contribution in [2.24, 2.45) is 5.92 Å². The fourth-order valence-electron chi connectivity index (χ4n) is 3.80. The predicted octanol–water partition coefficient (Wildman–Crippen LogP) is 1.91. The van der Waals surface area contributed by atoms with Crippen LogP contribution in [0.15, 0.2) is 30.3 Å². The van der Waals surface area contributed by atoms with Gasteiger partial charge in [-0.2, -0.15) is 0 Å². The minimum absolute atomic E-state index is 0.0515. The number of carbonyl (C=O) groups is 2. The molecular formula is C19H26N2O3. The van der Waals surface area contributed by atoms with Crippen LogP contribution in [0.4, 0.5) is 0 Å². The Balaban J connectivity index is 1.74. The molecule has 3 rings (SSSR count). The summed E-state index contributed by atoms with van der Waals surface area (Å²) in [5, 5.41) is 9.39. The molecule has 2 saturated heterocycles. The summed E-state index contributed by atoms with van der Waals surface area (Å²) in [4.78, 5) is 29.5. The number of hydrogen-bond acceptors (Lipinski definition) is 3. The van der Waals surface area contributed by atoms with E-state index < -0.39 is 0 Å². The minimum atomic E-state index is -0.358. The number of hydrogen-bond donors (Lipinski definition) is 1. The first kappa shape index (κ1) is 17.0. The van der Waals surface area contributed by atoms with Crippen LogP contribution in [0.1, 0.15) is 42.5 Å². The van der Waals surface area contributed by atoms with Crippen LogP contribution in [0.25, 0.3) is 0 Å². The maximum Gasteiger partial charge on any atom is 0.254 e. The number of aliphatic hydroxyl groups excluding tert-OH is 1. The number of carbonyl (C=O) groups excluding carboxylic acids is 2. The van der Waals surface area contributed by atoms with Gasteiger partial charge in [-0.3, -0.25) is 9.59 Å². The van der Waals surface area contributed by atoms with Gasteiger partial charge in [0.25, 0.3) is 5.91 Å². The number of likely N-dealkylation sites (tertiary alicyclic amines) is 2. The molecule has 0 spiro atoms. The van der Waals surface area contributed by atoms with Crippen LogP contribution in [-0.2, 0) is 4.79 Å². The van der Waals surface area contributed by atoms with Gasteiger partial charge in [-0.25, -0.2) is 0 Å². The summed E-state index contributed by atoms with van der Waals surface area (Å²) in [6.07, 6.45) is 4.56. The zero-order valence-electron chi connectivity index (χ0n) is 14.1. The zero-order chi connectivity index (χ0) is 16.9. The van der Waals surface area contributed by atoms with Crippen LogP contribution >= 0.6 is 0 Å². The summed E-state index contributed by atoms with van der Waals surface area (Å²) < 4.78 is 0. The monoisotopic (exact) mass is 330 g/mol. The van der Waals surface area contributed by atoms with E-state index in [1.54, 1.807) is 17.0 Å².